The minimum atomic E-state index is -0.494. The molecule has 0 fully saturated rings. The third-order valence-corrected chi connectivity index (χ3v) is 4.08. The van der Waals surface area contributed by atoms with Gasteiger partial charge in [-0.2, -0.15) is 0 Å². The number of carbonyl (C=O) groups is 1. The molecule has 4 heteroatoms. The molecule has 1 amide bonds. The van der Waals surface area contributed by atoms with Gasteiger partial charge in [0.15, 0.2) is 6.10 Å². The fourth-order valence-corrected chi connectivity index (χ4v) is 2.81. The smallest absolute Gasteiger partial charge is 0.268 e. The molecule has 0 bridgehead atoms. The van der Waals surface area contributed by atoms with Gasteiger partial charge in [-0.15, -0.1) is 0 Å². The zero-order valence-electron chi connectivity index (χ0n) is 12.8. The predicted octanol–water partition coefficient (Wildman–Crippen LogP) is 3.02. The van der Waals surface area contributed by atoms with E-state index in [4.69, 9.17) is 10.5 Å². The first-order chi connectivity index (χ1) is 10.6. The second-order valence-electron chi connectivity index (χ2n) is 5.56. The van der Waals surface area contributed by atoms with Crippen molar-refractivity contribution >= 4 is 11.6 Å². The monoisotopic (exact) mass is 296 g/mol. The van der Waals surface area contributed by atoms with Crippen LogP contribution >= 0.6 is 0 Å². The van der Waals surface area contributed by atoms with E-state index in [-0.39, 0.29) is 11.9 Å². The van der Waals surface area contributed by atoms with Gasteiger partial charge in [0.1, 0.15) is 5.75 Å². The van der Waals surface area contributed by atoms with Crippen molar-refractivity contribution in [3.63, 3.8) is 0 Å². The van der Waals surface area contributed by atoms with Gasteiger partial charge in [0.25, 0.3) is 5.91 Å². The molecule has 1 heterocycles. The van der Waals surface area contributed by atoms with Crippen LogP contribution in [0, 0.1) is 0 Å². The van der Waals surface area contributed by atoms with Gasteiger partial charge >= 0.3 is 0 Å². The zero-order valence-corrected chi connectivity index (χ0v) is 12.8. The Hall–Kier alpha value is -2.33. The van der Waals surface area contributed by atoms with E-state index >= 15 is 0 Å². The number of rotatable bonds is 3. The van der Waals surface area contributed by atoms with E-state index in [9.17, 15) is 4.79 Å². The van der Waals surface area contributed by atoms with Crippen LogP contribution in [0.15, 0.2) is 48.5 Å². The van der Waals surface area contributed by atoms with Crippen LogP contribution in [0.25, 0.3) is 0 Å². The van der Waals surface area contributed by atoms with Crippen molar-refractivity contribution in [3.8, 4) is 5.75 Å². The molecule has 2 atom stereocenters. The Bertz CT molecular complexity index is 685. The van der Waals surface area contributed by atoms with Crippen molar-refractivity contribution in [2.45, 2.75) is 32.5 Å². The summed E-state index contributed by atoms with van der Waals surface area (Å²) in [6.45, 7) is 4.27. The number of benzene rings is 2. The summed E-state index contributed by atoms with van der Waals surface area (Å²) in [5.41, 5.74) is 8.59. The van der Waals surface area contributed by atoms with Crippen molar-refractivity contribution in [1.82, 2.24) is 0 Å². The molecule has 22 heavy (non-hydrogen) atoms. The minimum absolute atomic E-state index is 0.0237. The standard InChI is InChI=1S/C18H20N2O2/c1-12(15-6-4-3-5-7-15)20-16-9-8-14(11-19)10-17(16)22-13(2)18(20)21/h3-10,12-13H,11,19H2,1-2H3. The maximum Gasteiger partial charge on any atom is 0.268 e. The van der Waals surface area contributed by atoms with Gasteiger partial charge in [-0.25, -0.2) is 0 Å². The molecule has 0 spiro atoms. The molecule has 2 aromatic rings. The van der Waals surface area contributed by atoms with Crippen molar-refractivity contribution < 1.29 is 9.53 Å². The molecule has 4 nitrogen and oxygen atoms in total. The molecule has 2 aromatic carbocycles. The van der Waals surface area contributed by atoms with Crippen molar-refractivity contribution in [2.75, 3.05) is 4.90 Å². The Morgan fingerprint density at radius 3 is 2.64 bits per heavy atom. The average molecular weight is 296 g/mol. The summed E-state index contributed by atoms with van der Waals surface area (Å²) in [7, 11) is 0. The summed E-state index contributed by atoms with van der Waals surface area (Å²) in [4.78, 5) is 14.5. The maximum absolute atomic E-state index is 12.6. The molecule has 3 rings (SSSR count). The Morgan fingerprint density at radius 2 is 1.95 bits per heavy atom. The van der Waals surface area contributed by atoms with E-state index in [1.54, 1.807) is 6.92 Å². The van der Waals surface area contributed by atoms with Crippen molar-refractivity contribution in [2.24, 2.45) is 5.73 Å². The molecular formula is C18H20N2O2. The van der Waals surface area contributed by atoms with E-state index in [1.807, 2.05) is 60.4 Å². The van der Waals surface area contributed by atoms with Gasteiger partial charge < -0.3 is 10.5 Å². The summed E-state index contributed by atoms with van der Waals surface area (Å²) in [5, 5.41) is 0. The summed E-state index contributed by atoms with van der Waals surface area (Å²) < 4.78 is 5.76. The summed E-state index contributed by atoms with van der Waals surface area (Å²) in [6, 6.07) is 15.7. The molecule has 0 saturated heterocycles. The maximum atomic E-state index is 12.6. The zero-order chi connectivity index (χ0) is 15.7. The average Bonchev–Trinajstić information content (AvgIpc) is 2.56. The Kier molecular flexibility index (Phi) is 3.86. The van der Waals surface area contributed by atoms with Crippen molar-refractivity contribution in [1.29, 1.82) is 0 Å². The lowest BCUT2D eigenvalue weighted by atomic mass is 10.0. The normalized spacial score (nSPS) is 18.6. The fraction of sp³-hybridized carbons (Fsp3) is 0.278. The molecule has 1 aliphatic rings. The molecule has 0 aromatic heterocycles. The quantitative estimate of drug-likeness (QED) is 0.947. The highest BCUT2D eigenvalue weighted by atomic mass is 16.5. The van der Waals surface area contributed by atoms with Crippen LogP contribution in [0.5, 0.6) is 5.75 Å². The van der Waals surface area contributed by atoms with Gasteiger partial charge in [0.2, 0.25) is 0 Å². The highest BCUT2D eigenvalue weighted by Gasteiger charge is 2.35. The van der Waals surface area contributed by atoms with E-state index < -0.39 is 6.10 Å². The Labute approximate surface area is 130 Å². The number of nitrogens with zero attached hydrogens (tertiary/aromatic N) is 1. The summed E-state index contributed by atoms with van der Waals surface area (Å²) in [5.74, 6) is 0.696. The van der Waals surface area contributed by atoms with Crippen LogP contribution in [0.2, 0.25) is 0 Å². The van der Waals surface area contributed by atoms with Gasteiger partial charge in [-0.3, -0.25) is 9.69 Å². The van der Waals surface area contributed by atoms with Crippen LogP contribution < -0.4 is 15.4 Å². The number of hydrogen-bond donors (Lipinski definition) is 1. The van der Waals surface area contributed by atoms with E-state index in [2.05, 4.69) is 0 Å². The number of fused-ring (bicyclic) bond motifs is 1. The molecule has 2 N–H and O–H groups in total. The lowest BCUT2D eigenvalue weighted by molar-refractivity contribution is -0.126. The van der Waals surface area contributed by atoms with Crippen LogP contribution in [-0.4, -0.2) is 12.0 Å². The first-order valence-electron chi connectivity index (χ1n) is 7.49. The molecule has 1 aliphatic heterocycles. The lowest BCUT2D eigenvalue weighted by Crippen LogP contribution is -2.45. The van der Waals surface area contributed by atoms with Gasteiger partial charge in [0.05, 0.1) is 11.7 Å². The summed E-state index contributed by atoms with van der Waals surface area (Å²) in [6.07, 6.45) is -0.494. The van der Waals surface area contributed by atoms with Crippen LogP contribution in [0.3, 0.4) is 0 Å². The van der Waals surface area contributed by atoms with E-state index in [1.165, 1.54) is 0 Å². The minimum Gasteiger partial charge on any atom is -0.479 e. The van der Waals surface area contributed by atoms with Crippen LogP contribution in [-0.2, 0) is 11.3 Å². The summed E-state index contributed by atoms with van der Waals surface area (Å²) >= 11 is 0. The molecule has 0 saturated carbocycles. The highest BCUT2D eigenvalue weighted by molar-refractivity contribution is 6.00. The molecular weight excluding hydrogens is 276 g/mol. The number of amides is 1. The third-order valence-electron chi connectivity index (χ3n) is 4.08. The molecule has 2 unspecified atom stereocenters. The van der Waals surface area contributed by atoms with E-state index in [0.29, 0.717) is 6.54 Å². The van der Waals surface area contributed by atoms with E-state index in [0.717, 1.165) is 22.6 Å². The molecule has 0 aliphatic carbocycles. The number of hydrogen-bond acceptors (Lipinski definition) is 3. The second-order valence-corrected chi connectivity index (χ2v) is 5.56. The SMILES string of the molecule is CC1Oc2cc(CN)ccc2N(C(C)c2ccccc2)C1=O. The van der Waals surface area contributed by atoms with Gasteiger partial charge in [0, 0.05) is 6.54 Å². The first-order valence-corrected chi connectivity index (χ1v) is 7.49. The van der Waals surface area contributed by atoms with Gasteiger partial charge in [-0.1, -0.05) is 36.4 Å². The Balaban J connectivity index is 2.05. The van der Waals surface area contributed by atoms with Gasteiger partial charge in [-0.05, 0) is 37.1 Å². The molecule has 0 radical (unpaired) electrons. The number of ether oxygens (including phenoxy) is 1. The second kappa shape index (κ2) is 5.81. The number of nitrogens with two attached hydrogens (primary N) is 1. The topological polar surface area (TPSA) is 55.6 Å². The Morgan fingerprint density at radius 1 is 1.23 bits per heavy atom. The molecule has 114 valence electrons. The lowest BCUT2D eigenvalue weighted by Gasteiger charge is -2.37. The van der Waals surface area contributed by atoms with Crippen molar-refractivity contribution in [3.05, 3.63) is 59.7 Å². The van der Waals surface area contributed by atoms with Crippen LogP contribution in [0.4, 0.5) is 5.69 Å². The third kappa shape index (κ3) is 2.46. The fourth-order valence-electron chi connectivity index (χ4n) is 2.81. The first kappa shape index (κ1) is 14.6. The number of anilines is 1. The largest absolute Gasteiger partial charge is 0.479 e. The predicted molar refractivity (Wildman–Crippen MR) is 86.8 cm³/mol. The number of carbonyl (C=O) groups excluding carboxylic acids is 1. The van der Waals surface area contributed by atoms with Crippen LogP contribution in [0.1, 0.15) is 31.0 Å². The highest BCUT2D eigenvalue weighted by Crippen LogP contribution is 2.39.